The minimum atomic E-state index is -0.838. The quantitative estimate of drug-likeness (QED) is 0.130. The van der Waals surface area contributed by atoms with Gasteiger partial charge in [0.1, 0.15) is 17.2 Å². The number of nitrogens with one attached hydrogen (secondary N) is 2. The molecule has 0 saturated heterocycles. The molecule has 280 valence electrons. The van der Waals surface area contributed by atoms with Crippen molar-refractivity contribution in [3.05, 3.63) is 54.1 Å². The fraction of sp³-hybridized carbons (Fsp3) is 0.500. The van der Waals surface area contributed by atoms with Crippen LogP contribution in [0.1, 0.15) is 98.6 Å². The number of unbranched alkanes of at least 4 members (excludes halogenated alkanes) is 1. The molecule has 1 aliphatic heterocycles. The Morgan fingerprint density at radius 2 is 1.75 bits per heavy atom. The number of carboxylic acids is 1. The number of aliphatic carboxylic acids is 1. The third kappa shape index (κ3) is 10.6. The predicted octanol–water partition coefficient (Wildman–Crippen LogP) is 6.18. The van der Waals surface area contributed by atoms with Crippen molar-refractivity contribution in [1.29, 1.82) is 0 Å². The van der Waals surface area contributed by atoms with Crippen LogP contribution in [0.2, 0.25) is 0 Å². The SMILES string of the molecule is CCCCOc1ccc(OC(C)C(=O)NCC(C)c2nc3n(n2)N=C(C(C)(C)C)C3=Nc2ccc(N(CC)CCCC(=O)O)cc2NC(C)=O)cc1. The zero-order valence-electron chi connectivity index (χ0n) is 31.5. The minimum absolute atomic E-state index is 0.0711. The number of benzene rings is 2. The maximum atomic E-state index is 12.9. The van der Waals surface area contributed by atoms with Crippen LogP contribution in [0.4, 0.5) is 17.1 Å². The molecule has 3 aromatic rings. The summed E-state index contributed by atoms with van der Waals surface area (Å²) in [5.41, 5.74) is 2.66. The molecule has 3 N–H and O–H groups in total. The molecule has 14 heteroatoms. The number of amides is 2. The van der Waals surface area contributed by atoms with Crippen molar-refractivity contribution in [1.82, 2.24) is 20.2 Å². The van der Waals surface area contributed by atoms with Gasteiger partial charge in [0.05, 0.1) is 23.7 Å². The van der Waals surface area contributed by atoms with Gasteiger partial charge in [0, 0.05) is 50.0 Å². The molecule has 0 aliphatic carbocycles. The first-order valence-electron chi connectivity index (χ1n) is 17.9. The van der Waals surface area contributed by atoms with Gasteiger partial charge in [-0.05, 0) is 69.2 Å². The van der Waals surface area contributed by atoms with Crippen LogP contribution in [0.15, 0.2) is 52.6 Å². The molecule has 2 heterocycles. The van der Waals surface area contributed by atoms with Crippen molar-refractivity contribution < 1.29 is 29.0 Å². The van der Waals surface area contributed by atoms with Crippen molar-refractivity contribution in [2.75, 3.05) is 36.5 Å². The van der Waals surface area contributed by atoms with Gasteiger partial charge in [0.2, 0.25) is 11.7 Å². The fourth-order valence-electron chi connectivity index (χ4n) is 5.42. The molecule has 1 aliphatic rings. The summed E-state index contributed by atoms with van der Waals surface area (Å²) in [7, 11) is 0. The van der Waals surface area contributed by atoms with Crippen LogP contribution in [-0.4, -0.2) is 81.5 Å². The predicted molar refractivity (Wildman–Crippen MR) is 202 cm³/mol. The van der Waals surface area contributed by atoms with Gasteiger partial charge in [0.25, 0.3) is 5.91 Å². The molecule has 14 nitrogen and oxygen atoms in total. The van der Waals surface area contributed by atoms with Gasteiger partial charge < -0.3 is 30.1 Å². The van der Waals surface area contributed by atoms with Crippen LogP contribution in [-0.2, 0) is 14.4 Å². The van der Waals surface area contributed by atoms with E-state index in [9.17, 15) is 14.4 Å². The molecule has 52 heavy (non-hydrogen) atoms. The van der Waals surface area contributed by atoms with E-state index in [1.54, 1.807) is 19.1 Å². The molecule has 1 aromatic heterocycles. The topological polar surface area (TPSA) is 173 Å². The Morgan fingerprint density at radius 1 is 1.04 bits per heavy atom. The number of hydrogen-bond donors (Lipinski definition) is 3. The van der Waals surface area contributed by atoms with Gasteiger partial charge in [-0.1, -0.05) is 41.0 Å². The van der Waals surface area contributed by atoms with E-state index in [4.69, 9.17) is 29.7 Å². The van der Waals surface area contributed by atoms with E-state index >= 15 is 0 Å². The largest absolute Gasteiger partial charge is 0.494 e. The van der Waals surface area contributed by atoms with E-state index < -0.39 is 17.5 Å². The van der Waals surface area contributed by atoms with Gasteiger partial charge in [0.15, 0.2) is 11.9 Å². The number of rotatable bonds is 18. The molecule has 0 bridgehead atoms. The molecule has 0 saturated carbocycles. The van der Waals surface area contributed by atoms with Crippen molar-refractivity contribution in [3.63, 3.8) is 0 Å². The molecule has 2 amide bonds. The van der Waals surface area contributed by atoms with Crippen LogP contribution >= 0.6 is 0 Å². The Morgan fingerprint density at radius 3 is 2.38 bits per heavy atom. The van der Waals surface area contributed by atoms with E-state index in [1.165, 1.54) is 11.7 Å². The summed E-state index contributed by atoms with van der Waals surface area (Å²) < 4.78 is 11.6. The maximum absolute atomic E-state index is 12.9. The van der Waals surface area contributed by atoms with Crippen molar-refractivity contribution in [3.8, 4) is 11.5 Å². The summed E-state index contributed by atoms with van der Waals surface area (Å²) in [5, 5.41) is 24.3. The normalized spacial score (nSPS) is 14.3. The summed E-state index contributed by atoms with van der Waals surface area (Å²) in [5.74, 6) is 0.663. The number of carboxylic acid groups (broad SMARTS) is 1. The zero-order valence-corrected chi connectivity index (χ0v) is 31.5. The van der Waals surface area contributed by atoms with Crippen molar-refractivity contribution in [2.45, 2.75) is 93.1 Å². The van der Waals surface area contributed by atoms with E-state index in [0.717, 1.165) is 24.3 Å². The lowest BCUT2D eigenvalue weighted by atomic mass is 9.87. The Bertz CT molecular complexity index is 1780. The van der Waals surface area contributed by atoms with Crippen LogP contribution in [0, 0.1) is 5.41 Å². The second-order valence-corrected chi connectivity index (χ2v) is 13.9. The highest BCUT2D eigenvalue weighted by atomic mass is 16.5. The van der Waals surface area contributed by atoms with E-state index in [2.05, 4.69) is 27.6 Å². The highest BCUT2D eigenvalue weighted by Gasteiger charge is 2.35. The molecule has 2 atom stereocenters. The maximum Gasteiger partial charge on any atom is 0.303 e. The van der Waals surface area contributed by atoms with Gasteiger partial charge >= 0.3 is 5.97 Å². The highest BCUT2D eigenvalue weighted by molar-refractivity contribution is 6.50. The number of nitrogens with zero attached hydrogens (tertiary/aromatic N) is 6. The standard InChI is InChI=1S/C38H52N8O6/c1-9-11-21-51-28-15-17-29(18-16-28)52-25(4)37(50)39-23-24(3)35-42-36-33(34(38(6,7)8)43-46(36)44-35)41-30-19-14-27(22-31(30)40-26(5)47)45(10-2)20-12-13-32(48)49/h14-19,22,24-25H,9-13,20-21,23H2,1-8H3,(H,39,50)(H,40,47)(H,48,49). The monoisotopic (exact) mass is 716 g/mol. The molecular weight excluding hydrogens is 664 g/mol. The number of ether oxygens (including phenoxy) is 2. The van der Waals surface area contributed by atoms with Gasteiger partial charge in [-0.15, -0.1) is 9.89 Å². The highest BCUT2D eigenvalue weighted by Crippen LogP contribution is 2.34. The van der Waals surface area contributed by atoms with Crippen molar-refractivity contribution in [2.24, 2.45) is 15.5 Å². The molecule has 0 fully saturated rings. The van der Waals surface area contributed by atoms with Gasteiger partial charge in [-0.3, -0.25) is 14.4 Å². The summed E-state index contributed by atoms with van der Waals surface area (Å²) >= 11 is 0. The molecule has 0 radical (unpaired) electrons. The van der Waals surface area contributed by atoms with Crippen LogP contribution in [0.3, 0.4) is 0 Å². The van der Waals surface area contributed by atoms with E-state index in [1.807, 2.05) is 65.0 Å². The first-order valence-corrected chi connectivity index (χ1v) is 17.9. The summed E-state index contributed by atoms with van der Waals surface area (Å²) in [4.78, 5) is 49.6. The van der Waals surface area contributed by atoms with E-state index in [0.29, 0.717) is 66.3 Å². The van der Waals surface area contributed by atoms with E-state index in [-0.39, 0.29) is 30.7 Å². The third-order valence-electron chi connectivity index (χ3n) is 8.33. The second-order valence-electron chi connectivity index (χ2n) is 13.9. The lowest BCUT2D eigenvalue weighted by Gasteiger charge is -2.24. The minimum Gasteiger partial charge on any atom is -0.494 e. The molecular formula is C38H52N8O6. The Kier molecular flexibility index (Phi) is 13.5. The summed E-state index contributed by atoms with van der Waals surface area (Å²) in [6.45, 7) is 17.4. The number of hydrogen-bond acceptors (Lipinski definition) is 10. The summed E-state index contributed by atoms with van der Waals surface area (Å²) in [6.07, 6.45) is 1.88. The third-order valence-corrected chi connectivity index (χ3v) is 8.33. The van der Waals surface area contributed by atoms with Crippen LogP contribution in [0.25, 0.3) is 0 Å². The Balaban J connectivity index is 1.50. The second kappa shape index (κ2) is 17.8. The number of aliphatic imine (C=N–C) groups is 1. The Hall–Kier alpha value is -5.27. The first kappa shape index (κ1) is 39.5. The first-order chi connectivity index (χ1) is 24.7. The average molecular weight is 717 g/mol. The number of anilines is 2. The van der Waals surface area contributed by atoms with Crippen LogP contribution < -0.4 is 25.0 Å². The fourth-order valence-corrected chi connectivity index (χ4v) is 5.42. The van der Waals surface area contributed by atoms with Gasteiger partial charge in [-0.2, -0.15) is 5.10 Å². The smallest absolute Gasteiger partial charge is 0.303 e. The average Bonchev–Trinajstić information content (AvgIpc) is 3.66. The molecule has 4 rings (SSSR count). The molecule has 2 unspecified atom stereocenters. The molecule has 0 spiro atoms. The number of carbonyl (C=O) groups is 3. The number of aromatic nitrogens is 3. The number of fused-ring (bicyclic) bond motifs is 1. The van der Waals surface area contributed by atoms with Crippen molar-refractivity contribution >= 4 is 46.3 Å². The van der Waals surface area contributed by atoms with Gasteiger partial charge in [-0.25, -0.2) is 9.98 Å². The lowest BCUT2D eigenvalue weighted by molar-refractivity contribution is -0.137. The van der Waals surface area contributed by atoms with Crippen LogP contribution in [0.5, 0.6) is 11.5 Å². The zero-order chi connectivity index (χ0) is 38.0. The molecule has 2 aromatic carbocycles. The lowest BCUT2D eigenvalue weighted by Crippen LogP contribution is -2.38. The number of carbonyl (C=O) groups excluding carboxylic acids is 2. The summed E-state index contributed by atoms with van der Waals surface area (Å²) in [6, 6.07) is 12.8. The Labute approximate surface area is 305 Å².